The number of aromatic nitrogens is 4. The number of nitrogen functional groups attached to an aromatic ring is 1. The number of anilines is 1. The summed E-state index contributed by atoms with van der Waals surface area (Å²) in [6, 6.07) is 0. The van der Waals surface area contributed by atoms with E-state index in [9.17, 15) is 18.0 Å². The Hall–Kier alpha value is -2.65. The van der Waals surface area contributed by atoms with E-state index in [1.165, 1.54) is 25.6 Å². The average molecular weight is 434 g/mol. The normalized spacial score (nSPS) is 29.5. The highest BCUT2D eigenvalue weighted by Crippen LogP contribution is 2.61. The molecule has 2 aromatic heterocycles. The van der Waals surface area contributed by atoms with Gasteiger partial charge in [-0.2, -0.15) is 18.3 Å². The standard InChI is InChI=1S/C21H25F3N6O/c1-10-17(25)27-9-28-19(10)30-14(15(18(26)31)16(29-30)21(22,23)24)8-20-5-11-2-12(6-20)4-13(3-11)7-20/h9,11-13H,2-8H2,1H3,(H2,26,31)(H2,25,27,28). The number of hydrogen-bond acceptors (Lipinski definition) is 5. The third-order valence-electron chi connectivity index (χ3n) is 7.50. The van der Waals surface area contributed by atoms with Crippen LogP contribution in [0.2, 0.25) is 0 Å². The third kappa shape index (κ3) is 3.27. The molecule has 31 heavy (non-hydrogen) atoms. The molecule has 4 bridgehead atoms. The molecule has 0 aromatic carbocycles. The van der Waals surface area contributed by atoms with Gasteiger partial charge >= 0.3 is 6.18 Å². The van der Waals surface area contributed by atoms with Crippen molar-refractivity contribution in [2.45, 2.75) is 58.0 Å². The summed E-state index contributed by atoms with van der Waals surface area (Å²) in [4.78, 5) is 20.3. The molecule has 10 heteroatoms. The molecule has 0 atom stereocenters. The van der Waals surface area contributed by atoms with E-state index >= 15 is 0 Å². The first-order valence-electron chi connectivity index (χ1n) is 10.6. The highest BCUT2D eigenvalue weighted by Gasteiger charge is 2.52. The van der Waals surface area contributed by atoms with Gasteiger partial charge in [-0.1, -0.05) is 0 Å². The molecule has 4 N–H and O–H groups in total. The van der Waals surface area contributed by atoms with Crippen molar-refractivity contribution in [3.63, 3.8) is 0 Å². The van der Waals surface area contributed by atoms with Crippen molar-refractivity contribution in [2.75, 3.05) is 5.73 Å². The van der Waals surface area contributed by atoms with E-state index in [4.69, 9.17) is 11.5 Å². The Bertz CT molecular complexity index is 1020. The fourth-order valence-corrected chi connectivity index (χ4v) is 6.78. The van der Waals surface area contributed by atoms with Crippen LogP contribution in [0, 0.1) is 30.1 Å². The predicted molar refractivity (Wildman–Crippen MR) is 106 cm³/mol. The van der Waals surface area contributed by atoms with Gasteiger partial charge < -0.3 is 11.5 Å². The molecule has 4 aliphatic carbocycles. The van der Waals surface area contributed by atoms with Crippen LogP contribution in [-0.4, -0.2) is 25.7 Å². The number of hydrogen-bond donors (Lipinski definition) is 2. The second-order valence-electron chi connectivity index (χ2n) is 9.75. The van der Waals surface area contributed by atoms with Crippen molar-refractivity contribution in [3.8, 4) is 5.82 Å². The van der Waals surface area contributed by atoms with Gasteiger partial charge in [0.05, 0.1) is 11.3 Å². The molecule has 2 aromatic rings. The zero-order valence-electron chi connectivity index (χ0n) is 17.2. The van der Waals surface area contributed by atoms with Crippen LogP contribution in [0.3, 0.4) is 0 Å². The molecular formula is C21H25F3N6O. The zero-order valence-corrected chi connectivity index (χ0v) is 17.2. The van der Waals surface area contributed by atoms with Gasteiger partial charge in [0.1, 0.15) is 12.1 Å². The summed E-state index contributed by atoms with van der Waals surface area (Å²) < 4.78 is 42.7. The fourth-order valence-electron chi connectivity index (χ4n) is 6.78. The van der Waals surface area contributed by atoms with Gasteiger partial charge in [-0.25, -0.2) is 14.6 Å². The molecule has 4 aliphatic rings. The van der Waals surface area contributed by atoms with Gasteiger partial charge in [0.25, 0.3) is 5.91 Å². The molecule has 6 rings (SSSR count). The molecule has 0 aliphatic heterocycles. The molecule has 0 unspecified atom stereocenters. The lowest BCUT2D eigenvalue weighted by Gasteiger charge is -2.57. The summed E-state index contributed by atoms with van der Waals surface area (Å²) in [7, 11) is 0. The number of amides is 1. The minimum Gasteiger partial charge on any atom is -0.383 e. The Morgan fingerprint density at radius 2 is 1.74 bits per heavy atom. The van der Waals surface area contributed by atoms with E-state index in [1.54, 1.807) is 6.92 Å². The molecule has 1 amide bonds. The second kappa shape index (κ2) is 6.67. The third-order valence-corrected chi connectivity index (χ3v) is 7.50. The summed E-state index contributed by atoms with van der Waals surface area (Å²) >= 11 is 0. The summed E-state index contributed by atoms with van der Waals surface area (Å²) in [6.07, 6.45) is 3.20. The van der Waals surface area contributed by atoms with E-state index in [-0.39, 0.29) is 22.7 Å². The maximum atomic E-state index is 13.9. The van der Waals surface area contributed by atoms with Crippen LogP contribution in [0.25, 0.3) is 5.82 Å². The fraction of sp³-hybridized carbons (Fsp3) is 0.619. The van der Waals surface area contributed by atoms with Crippen LogP contribution in [0.5, 0.6) is 0 Å². The Balaban J connectivity index is 1.69. The molecule has 4 fully saturated rings. The first-order valence-corrected chi connectivity index (χ1v) is 10.6. The number of nitrogens with two attached hydrogens (primary N) is 2. The first-order chi connectivity index (χ1) is 14.6. The molecule has 0 saturated heterocycles. The molecule has 0 spiro atoms. The highest BCUT2D eigenvalue weighted by molar-refractivity contribution is 5.95. The van der Waals surface area contributed by atoms with E-state index in [1.807, 2.05) is 0 Å². The SMILES string of the molecule is Cc1c(N)ncnc1-n1nc(C(F)(F)F)c(C(N)=O)c1CC12CC3CC(CC(C3)C1)C2. The van der Waals surface area contributed by atoms with E-state index in [0.717, 1.165) is 23.9 Å². The van der Waals surface area contributed by atoms with Gasteiger partial charge in [0, 0.05) is 5.56 Å². The lowest BCUT2D eigenvalue weighted by atomic mass is 9.48. The average Bonchev–Trinajstić information content (AvgIpc) is 3.02. The number of nitrogens with zero attached hydrogens (tertiary/aromatic N) is 4. The second-order valence-corrected chi connectivity index (χ2v) is 9.75. The van der Waals surface area contributed by atoms with Crippen molar-refractivity contribution in [3.05, 3.63) is 28.8 Å². The molecular weight excluding hydrogens is 409 g/mol. The van der Waals surface area contributed by atoms with E-state index in [2.05, 4.69) is 15.1 Å². The summed E-state index contributed by atoms with van der Waals surface area (Å²) in [5.41, 5.74) is 10.0. The first kappa shape index (κ1) is 20.3. The molecule has 166 valence electrons. The Morgan fingerprint density at radius 3 is 2.26 bits per heavy atom. The maximum Gasteiger partial charge on any atom is 0.436 e. The Morgan fingerprint density at radius 1 is 1.16 bits per heavy atom. The van der Waals surface area contributed by atoms with Crippen molar-refractivity contribution in [2.24, 2.45) is 28.9 Å². The monoisotopic (exact) mass is 434 g/mol. The molecule has 0 radical (unpaired) electrons. The van der Waals surface area contributed by atoms with Crippen molar-refractivity contribution < 1.29 is 18.0 Å². The van der Waals surface area contributed by atoms with Crippen molar-refractivity contribution in [1.29, 1.82) is 0 Å². The van der Waals surface area contributed by atoms with E-state index < -0.39 is 23.3 Å². The van der Waals surface area contributed by atoms with Crippen LogP contribution in [0.15, 0.2) is 6.33 Å². The van der Waals surface area contributed by atoms with Crippen LogP contribution < -0.4 is 11.5 Å². The number of carbonyl (C=O) groups is 1. The lowest BCUT2D eigenvalue weighted by Crippen LogP contribution is -2.47. The summed E-state index contributed by atoms with van der Waals surface area (Å²) in [5, 5.41) is 3.82. The topological polar surface area (TPSA) is 113 Å². The number of halogens is 3. The molecule has 7 nitrogen and oxygen atoms in total. The van der Waals surface area contributed by atoms with Gasteiger partial charge in [0.2, 0.25) is 0 Å². The Kier molecular flexibility index (Phi) is 4.36. The molecule has 4 saturated carbocycles. The van der Waals surface area contributed by atoms with Crippen LogP contribution in [0.4, 0.5) is 19.0 Å². The largest absolute Gasteiger partial charge is 0.436 e. The van der Waals surface area contributed by atoms with Crippen molar-refractivity contribution in [1.82, 2.24) is 19.7 Å². The van der Waals surface area contributed by atoms with Crippen LogP contribution >= 0.6 is 0 Å². The van der Waals surface area contributed by atoms with Gasteiger partial charge in [0.15, 0.2) is 11.5 Å². The number of carbonyl (C=O) groups excluding carboxylic acids is 1. The minimum atomic E-state index is -4.82. The molecule has 2 heterocycles. The zero-order chi connectivity index (χ0) is 22.1. The Labute approximate surface area is 177 Å². The predicted octanol–water partition coefficient (Wildman–Crippen LogP) is 3.43. The number of rotatable bonds is 4. The highest BCUT2D eigenvalue weighted by atomic mass is 19.4. The van der Waals surface area contributed by atoms with Gasteiger partial charge in [-0.3, -0.25) is 4.79 Å². The minimum absolute atomic E-state index is 0.133. The van der Waals surface area contributed by atoms with Crippen LogP contribution in [0.1, 0.15) is 65.8 Å². The van der Waals surface area contributed by atoms with Crippen molar-refractivity contribution >= 4 is 11.7 Å². The summed E-state index contributed by atoms with van der Waals surface area (Å²) in [6.45, 7) is 1.62. The quantitative estimate of drug-likeness (QED) is 0.766. The van der Waals surface area contributed by atoms with E-state index in [0.29, 0.717) is 29.7 Å². The number of alkyl halides is 3. The van der Waals surface area contributed by atoms with Gasteiger partial charge in [-0.05, 0) is 75.0 Å². The van der Waals surface area contributed by atoms with Gasteiger partial charge in [-0.15, -0.1) is 0 Å². The van der Waals surface area contributed by atoms with Crippen LogP contribution in [-0.2, 0) is 12.6 Å². The maximum absolute atomic E-state index is 13.9. The lowest BCUT2D eigenvalue weighted by molar-refractivity contribution is -0.141. The smallest absolute Gasteiger partial charge is 0.383 e. The number of primary amides is 1. The summed E-state index contributed by atoms with van der Waals surface area (Å²) in [5.74, 6) is 0.994.